The lowest BCUT2D eigenvalue weighted by atomic mass is 10.1. The first-order valence-corrected chi connectivity index (χ1v) is 6.01. The lowest BCUT2D eigenvalue weighted by Crippen LogP contribution is -2.32. The largest absolute Gasteiger partial charge is 0.383 e. The van der Waals surface area contributed by atoms with Gasteiger partial charge in [-0.1, -0.05) is 17.7 Å². The van der Waals surface area contributed by atoms with Crippen LogP contribution in [0, 0.1) is 13.8 Å². The van der Waals surface area contributed by atoms with E-state index in [4.69, 9.17) is 0 Å². The maximum Gasteiger partial charge on any atom is 0.317 e. The predicted molar refractivity (Wildman–Crippen MR) is 69.4 cm³/mol. The fourth-order valence-electron chi connectivity index (χ4n) is 2.06. The fourth-order valence-corrected chi connectivity index (χ4v) is 2.06. The molecule has 17 heavy (non-hydrogen) atoms. The number of hydrogen-bond acceptors (Lipinski definition) is 2. The van der Waals surface area contributed by atoms with E-state index >= 15 is 0 Å². The van der Waals surface area contributed by atoms with Crippen molar-refractivity contribution in [1.29, 1.82) is 0 Å². The van der Waals surface area contributed by atoms with Crippen molar-refractivity contribution in [1.82, 2.24) is 10.2 Å². The van der Waals surface area contributed by atoms with E-state index < -0.39 is 0 Å². The summed E-state index contributed by atoms with van der Waals surface area (Å²) in [6.45, 7) is 7.30. The highest BCUT2D eigenvalue weighted by molar-refractivity contribution is 5.76. The SMILES string of the molecule is Cc1ccc(NCCN2CCNC2=O)c(C)c1. The van der Waals surface area contributed by atoms with Crippen molar-refractivity contribution >= 4 is 11.7 Å². The van der Waals surface area contributed by atoms with E-state index in [9.17, 15) is 4.79 Å². The Balaban J connectivity index is 1.83. The molecule has 4 heteroatoms. The molecule has 1 aliphatic heterocycles. The van der Waals surface area contributed by atoms with E-state index in [0.717, 1.165) is 31.9 Å². The minimum atomic E-state index is 0.0485. The van der Waals surface area contributed by atoms with Gasteiger partial charge in [0.1, 0.15) is 0 Å². The minimum Gasteiger partial charge on any atom is -0.383 e. The van der Waals surface area contributed by atoms with Crippen LogP contribution in [-0.4, -0.2) is 37.1 Å². The van der Waals surface area contributed by atoms with Crippen LogP contribution in [0.1, 0.15) is 11.1 Å². The van der Waals surface area contributed by atoms with Crippen LogP contribution in [0.5, 0.6) is 0 Å². The number of urea groups is 1. The first-order valence-electron chi connectivity index (χ1n) is 6.01. The number of rotatable bonds is 4. The molecule has 0 radical (unpaired) electrons. The summed E-state index contributed by atoms with van der Waals surface area (Å²) < 4.78 is 0. The predicted octanol–water partition coefficient (Wildman–Crippen LogP) is 1.74. The van der Waals surface area contributed by atoms with E-state index in [2.05, 4.69) is 42.7 Å². The van der Waals surface area contributed by atoms with Gasteiger partial charge in [0, 0.05) is 31.9 Å². The third kappa shape index (κ3) is 2.90. The number of nitrogens with zero attached hydrogens (tertiary/aromatic N) is 1. The van der Waals surface area contributed by atoms with Crippen LogP contribution in [0.3, 0.4) is 0 Å². The summed E-state index contributed by atoms with van der Waals surface area (Å²) in [4.78, 5) is 13.1. The first-order chi connectivity index (χ1) is 8.16. The van der Waals surface area contributed by atoms with Crippen molar-refractivity contribution in [3.8, 4) is 0 Å². The molecular weight excluding hydrogens is 214 g/mol. The molecule has 4 nitrogen and oxygen atoms in total. The van der Waals surface area contributed by atoms with Crippen LogP contribution in [0.2, 0.25) is 0 Å². The zero-order valence-corrected chi connectivity index (χ0v) is 10.4. The van der Waals surface area contributed by atoms with E-state index in [1.807, 2.05) is 4.90 Å². The van der Waals surface area contributed by atoms with Crippen molar-refractivity contribution in [2.24, 2.45) is 0 Å². The smallest absolute Gasteiger partial charge is 0.317 e. The highest BCUT2D eigenvalue weighted by Gasteiger charge is 2.18. The van der Waals surface area contributed by atoms with Gasteiger partial charge in [-0.25, -0.2) is 4.79 Å². The summed E-state index contributed by atoms with van der Waals surface area (Å²) in [5.74, 6) is 0. The molecule has 0 aliphatic carbocycles. The van der Waals surface area contributed by atoms with Crippen LogP contribution in [-0.2, 0) is 0 Å². The zero-order chi connectivity index (χ0) is 12.3. The lowest BCUT2D eigenvalue weighted by molar-refractivity contribution is 0.219. The first kappa shape index (κ1) is 11.8. The molecule has 92 valence electrons. The molecule has 1 saturated heterocycles. The van der Waals surface area contributed by atoms with Gasteiger partial charge in [0.2, 0.25) is 0 Å². The fraction of sp³-hybridized carbons (Fsp3) is 0.462. The second kappa shape index (κ2) is 5.08. The van der Waals surface area contributed by atoms with Crippen LogP contribution >= 0.6 is 0 Å². The molecular formula is C13H19N3O. The van der Waals surface area contributed by atoms with Crippen molar-refractivity contribution < 1.29 is 4.79 Å². The molecule has 0 bridgehead atoms. The van der Waals surface area contributed by atoms with Gasteiger partial charge in [-0.3, -0.25) is 0 Å². The topological polar surface area (TPSA) is 44.4 Å². The number of amides is 2. The second-order valence-electron chi connectivity index (χ2n) is 4.46. The number of hydrogen-bond donors (Lipinski definition) is 2. The highest BCUT2D eigenvalue weighted by atomic mass is 16.2. The molecule has 0 spiro atoms. The van der Waals surface area contributed by atoms with Crippen molar-refractivity contribution in [3.63, 3.8) is 0 Å². The monoisotopic (exact) mass is 233 g/mol. The molecule has 1 aromatic carbocycles. The summed E-state index contributed by atoms with van der Waals surface area (Å²) in [7, 11) is 0. The highest BCUT2D eigenvalue weighted by Crippen LogP contribution is 2.15. The van der Waals surface area contributed by atoms with Crippen molar-refractivity contribution in [2.75, 3.05) is 31.5 Å². The van der Waals surface area contributed by atoms with Crippen molar-refractivity contribution in [3.05, 3.63) is 29.3 Å². The molecule has 0 aromatic heterocycles. The zero-order valence-electron chi connectivity index (χ0n) is 10.4. The Morgan fingerprint density at radius 1 is 1.41 bits per heavy atom. The third-order valence-electron chi connectivity index (χ3n) is 3.02. The quantitative estimate of drug-likeness (QED) is 0.832. The molecule has 1 aromatic rings. The van der Waals surface area contributed by atoms with Gasteiger partial charge in [-0.05, 0) is 25.5 Å². The van der Waals surface area contributed by atoms with Gasteiger partial charge >= 0.3 is 6.03 Å². The van der Waals surface area contributed by atoms with Crippen LogP contribution in [0.15, 0.2) is 18.2 Å². The van der Waals surface area contributed by atoms with E-state index in [-0.39, 0.29) is 6.03 Å². The molecule has 0 saturated carbocycles. The van der Waals surface area contributed by atoms with Gasteiger partial charge in [-0.2, -0.15) is 0 Å². The van der Waals surface area contributed by atoms with E-state index in [1.54, 1.807) is 0 Å². The number of aryl methyl sites for hydroxylation is 2. The molecule has 2 N–H and O–H groups in total. The summed E-state index contributed by atoms with van der Waals surface area (Å²) in [6.07, 6.45) is 0. The third-order valence-corrected chi connectivity index (χ3v) is 3.02. The van der Waals surface area contributed by atoms with Crippen LogP contribution in [0.25, 0.3) is 0 Å². The average Bonchev–Trinajstić information content (AvgIpc) is 2.68. The lowest BCUT2D eigenvalue weighted by Gasteiger charge is -2.16. The van der Waals surface area contributed by atoms with E-state index in [1.165, 1.54) is 11.1 Å². The molecule has 2 amide bonds. The second-order valence-corrected chi connectivity index (χ2v) is 4.46. The van der Waals surface area contributed by atoms with Crippen LogP contribution in [0.4, 0.5) is 10.5 Å². The standard InChI is InChI=1S/C13H19N3O/c1-10-3-4-12(11(2)9-10)14-5-7-16-8-6-15-13(16)17/h3-4,9,14H,5-8H2,1-2H3,(H,15,17). The Morgan fingerprint density at radius 3 is 2.88 bits per heavy atom. The number of nitrogens with one attached hydrogen (secondary N) is 2. The molecule has 0 unspecified atom stereocenters. The van der Waals surface area contributed by atoms with Crippen molar-refractivity contribution in [2.45, 2.75) is 13.8 Å². The van der Waals surface area contributed by atoms with Gasteiger partial charge in [0.25, 0.3) is 0 Å². The minimum absolute atomic E-state index is 0.0485. The molecule has 1 heterocycles. The number of carbonyl (C=O) groups is 1. The summed E-state index contributed by atoms with van der Waals surface area (Å²) in [5, 5.41) is 6.16. The summed E-state index contributed by atoms with van der Waals surface area (Å²) in [5.41, 5.74) is 3.66. The summed E-state index contributed by atoms with van der Waals surface area (Å²) in [6, 6.07) is 6.39. The Hall–Kier alpha value is -1.71. The molecule has 1 aliphatic rings. The normalized spacial score (nSPS) is 14.9. The van der Waals surface area contributed by atoms with Gasteiger partial charge in [-0.15, -0.1) is 0 Å². The maximum absolute atomic E-state index is 11.3. The van der Waals surface area contributed by atoms with Gasteiger partial charge in [0.15, 0.2) is 0 Å². The number of benzene rings is 1. The maximum atomic E-state index is 11.3. The Labute approximate surface area is 102 Å². The molecule has 1 fully saturated rings. The Kier molecular flexibility index (Phi) is 3.52. The number of carbonyl (C=O) groups excluding carboxylic acids is 1. The van der Waals surface area contributed by atoms with Gasteiger partial charge in [0.05, 0.1) is 0 Å². The van der Waals surface area contributed by atoms with Crippen LogP contribution < -0.4 is 10.6 Å². The molecule has 0 atom stereocenters. The Bertz CT molecular complexity index is 417. The average molecular weight is 233 g/mol. The Morgan fingerprint density at radius 2 is 2.24 bits per heavy atom. The molecule has 2 rings (SSSR count). The van der Waals surface area contributed by atoms with E-state index in [0.29, 0.717) is 0 Å². The summed E-state index contributed by atoms with van der Waals surface area (Å²) >= 11 is 0. The van der Waals surface area contributed by atoms with Gasteiger partial charge < -0.3 is 15.5 Å². The number of anilines is 1.